The van der Waals surface area contributed by atoms with Crippen LogP contribution in [-0.2, 0) is 0 Å². The average Bonchev–Trinajstić information content (AvgIpc) is 2.80. The van der Waals surface area contributed by atoms with Crippen LogP contribution in [0.5, 0.6) is 0 Å². The smallest absolute Gasteiger partial charge is 0.182 e. The highest BCUT2D eigenvalue weighted by molar-refractivity contribution is 5.77. The van der Waals surface area contributed by atoms with Crippen LogP contribution >= 0.6 is 0 Å². The van der Waals surface area contributed by atoms with Crippen molar-refractivity contribution in [1.82, 2.24) is 14.6 Å². The summed E-state index contributed by atoms with van der Waals surface area (Å²) < 4.78 is 1.65. The van der Waals surface area contributed by atoms with E-state index in [0.717, 1.165) is 23.1 Å². The molecule has 4 heteroatoms. The van der Waals surface area contributed by atoms with Crippen LogP contribution < -0.4 is 0 Å². The number of hydrogen-bond donors (Lipinski definition) is 0. The first-order valence-corrected chi connectivity index (χ1v) is 6.06. The summed E-state index contributed by atoms with van der Waals surface area (Å²) in [7, 11) is 0. The van der Waals surface area contributed by atoms with Crippen LogP contribution in [0.1, 0.15) is 21.5 Å². The van der Waals surface area contributed by atoms with Crippen LogP contribution in [0.4, 0.5) is 0 Å². The third-order valence-corrected chi connectivity index (χ3v) is 3.12. The topological polar surface area (TPSA) is 47.3 Å². The molecule has 0 unspecified atom stereocenters. The second-order valence-electron chi connectivity index (χ2n) is 4.64. The van der Waals surface area contributed by atoms with Gasteiger partial charge < -0.3 is 0 Å². The minimum Gasteiger partial charge on any atom is -0.298 e. The SMILES string of the molecule is Cc1cccc(-c2nc3cc(C)c(C=O)cn3n2)c1. The number of aldehydes is 1. The lowest BCUT2D eigenvalue weighted by molar-refractivity contribution is 0.112. The summed E-state index contributed by atoms with van der Waals surface area (Å²) in [6.07, 6.45) is 2.55. The van der Waals surface area contributed by atoms with Crippen LogP contribution in [0.3, 0.4) is 0 Å². The van der Waals surface area contributed by atoms with Gasteiger partial charge in [0.2, 0.25) is 0 Å². The number of rotatable bonds is 2. The van der Waals surface area contributed by atoms with Gasteiger partial charge in [0, 0.05) is 17.3 Å². The highest BCUT2D eigenvalue weighted by Crippen LogP contribution is 2.18. The number of aryl methyl sites for hydroxylation is 2. The van der Waals surface area contributed by atoms with Crippen molar-refractivity contribution in [3.05, 3.63) is 53.2 Å². The lowest BCUT2D eigenvalue weighted by atomic mass is 10.1. The first-order valence-electron chi connectivity index (χ1n) is 6.06. The number of hydrogen-bond acceptors (Lipinski definition) is 3. The Bertz CT molecular complexity index is 774. The van der Waals surface area contributed by atoms with Gasteiger partial charge >= 0.3 is 0 Å². The van der Waals surface area contributed by atoms with Gasteiger partial charge in [-0.3, -0.25) is 4.79 Å². The van der Waals surface area contributed by atoms with Crippen molar-refractivity contribution in [3.63, 3.8) is 0 Å². The predicted molar refractivity (Wildman–Crippen MR) is 73.3 cm³/mol. The molecule has 0 fully saturated rings. The number of benzene rings is 1. The van der Waals surface area contributed by atoms with E-state index in [4.69, 9.17) is 0 Å². The molecular weight excluding hydrogens is 238 g/mol. The van der Waals surface area contributed by atoms with E-state index in [2.05, 4.69) is 10.1 Å². The summed E-state index contributed by atoms with van der Waals surface area (Å²) in [5, 5.41) is 4.42. The van der Waals surface area contributed by atoms with Gasteiger partial charge in [0.1, 0.15) is 0 Å². The largest absolute Gasteiger partial charge is 0.298 e. The molecule has 0 N–H and O–H groups in total. The van der Waals surface area contributed by atoms with E-state index in [0.29, 0.717) is 11.4 Å². The first kappa shape index (κ1) is 11.6. The fraction of sp³-hybridized carbons (Fsp3) is 0.133. The van der Waals surface area contributed by atoms with Gasteiger partial charge in [0.15, 0.2) is 17.8 Å². The Hall–Kier alpha value is -2.49. The van der Waals surface area contributed by atoms with E-state index in [1.807, 2.05) is 44.2 Å². The molecule has 0 bridgehead atoms. The maximum absolute atomic E-state index is 10.9. The number of pyridine rings is 1. The number of carbonyl (C=O) groups excluding carboxylic acids is 1. The van der Waals surface area contributed by atoms with Crippen molar-refractivity contribution >= 4 is 11.9 Å². The summed E-state index contributed by atoms with van der Waals surface area (Å²) in [6, 6.07) is 9.92. The van der Waals surface area contributed by atoms with Gasteiger partial charge in [-0.25, -0.2) is 9.50 Å². The minimum absolute atomic E-state index is 0.633. The Morgan fingerprint density at radius 3 is 2.79 bits per heavy atom. The molecule has 94 valence electrons. The second-order valence-corrected chi connectivity index (χ2v) is 4.64. The van der Waals surface area contributed by atoms with Crippen molar-refractivity contribution in [2.24, 2.45) is 0 Å². The Kier molecular flexibility index (Phi) is 2.63. The normalized spacial score (nSPS) is 10.8. The van der Waals surface area contributed by atoms with Crippen molar-refractivity contribution in [1.29, 1.82) is 0 Å². The van der Waals surface area contributed by atoms with E-state index in [-0.39, 0.29) is 0 Å². The molecule has 0 saturated heterocycles. The lowest BCUT2D eigenvalue weighted by Crippen LogP contribution is -1.94. The monoisotopic (exact) mass is 251 g/mol. The molecule has 2 aromatic heterocycles. The molecule has 4 nitrogen and oxygen atoms in total. The first-order chi connectivity index (χ1) is 9.17. The van der Waals surface area contributed by atoms with Crippen molar-refractivity contribution in [2.45, 2.75) is 13.8 Å². The fourth-order valence-electron chi connectivity index (χ4n) is 2.07. The van der Waals surface area contributed by atoms with Crippen LogP contribution in [0, 0.1) is 13.8 Å². The van der Waals surface area contributed by atoms with Gasteiger partial charge in [0.25, 0.3) is 0 Å². The third kappa shape index (κ3) is 2.01. The molecule has 0 saturated carbocycles. The molecule has 0 radical (unpaired) electrons. The van der Waals surface area contributed by atoms with Gasteiger partial charge in [-0.05, 0) is 31.5 Å². The molecular formula is C15H13N3O. The van der Waals surface area contributed by atoms with E-state index in [1.165, 1.54) is 5.56 Å². The molecule has 0 atom stereocenters. The lowest BCUT2D eigenvalue weighted by Gasteiger charge is -1.97. The summed E-state index contributed by atoms with van der Waals surface area (Å²) in [6.45, 7) is 3.93. The predicted octanol–water partition coefficient (Wildman–Crippen LogP) is 2.83. The zero-order valence-corrected chi connectivity index (χ0v) is 10.8. The highest BCUT2D eigenvalue weighted by atomic mass is 16.1. The zero-order chi connectivity index (χ0) is 13.4. The molecule has 19 heavy (non-hydrogen) atoms. The van der Waals surface area contributed by atoms with Gasteiger partial charge in [-0.15, -0.1) is 5.10 Å². The molecule has 1 aromatic carbocycles. The van der Waals surface area contributed by atoms with Gasteiger partial charge in [-0.2, -0.15) is 0 Å². The second kappa shape index (κ2) is 4.31. The van der Waals surface area contributed by atoms with Crippen molar-refractivity contribution in [3.8, 4) is 11.4 Å². The maximum Gasteiger partial charge on any atom is 0.182 e. The van der Waals surface area contributed by atoms with E-state index in [1.54, 1.807) is 10.7 Å². The van der Waals surface area contributed by atoms with E-state index >= 15 is 0 Å². The number of carbonyl (C=O) groups is 1. The van der Waals surface area contributed by atoms with Crippen LogP contribution in [-0.4, -0.2) is 20.9 Å². The van der Waals surface area contributed by atoms with Crippen LogP contribution in [0.15, 0.2) is 36.5 Å². The third-order valence-electron chi connectivity index (χ3n) is 3.12. The Labute approximate surface area is 110 Å². The summed E-state index contributed by atoms with van der Waals surface area (Å²) >= 11 is 0. The molecule has 0 aliphatic carbocycles. The number of aromatic nitrogens is 3. The maximum atomic E-state index is 10.9. The molecule has 0 spiro atoms. The van der Waals surface area contributed by atoms with E-state index in [9.17, 15) is 4.79 Å². The number of nitrogens with zero attached hydrogens (tertiary/aromatic N) is 3. The molecule has 0 aliphatic rings. The Balaban J connectivity index is 2.19. The quantitative estimate of drug-likeness (QED) is 0.658. The molecule has 0 aliphatic heterocycles. The average molecular weight is 251 g/mol. The zero-order valence-electron chi connectivity index (χ0n) is 10.8. The summed E-state index contributed by atoms with van der Waals surface area (Å²) in [5.41, 5.74) is 4.44. The molecule has 2 heterocycles. The van der Waals surface area contributed by atoms with Crippen LogP contribution in [0.25, 0.3) is 17.0 Å². The number of fused-ring (bicyclic) bond motifs is 1. The molecule has 3 aromatic rings. The van der Waals surface area contributed by atoms with Crippen molar-refractivity contribution in [2.75, 3.05) is 0 Å². The fourth-order valence-corrected chi connectivity index (χ4v) is 2.07. The molecule has 3 rings (SSSR count). The standard InChI is InChI=1S/C15H13N3O/c1-10-4-3-5-12(6-10)15-16-14-7-11(2)13(9-19)8-18(14)17-15/h3-9H,1-2H3. The minimum atomic E-state index is 0.633. The highest BCUT2D eigenvalue weighted by Gasteiger charge is 2.08. The molecule has 0 amide bonds. The summed E-state index contributed by atoms with van der Waals surface area (Å²) in [5.74, 6) is 0.672. The Morgan fingerprint density at radius 2 is 2.05 bits per heavy atom. The van der Waals surface area contributed by atoms with E-state index < -0.39 is 0 Å². The summed E-state index contributed by atoms with van der Waals surface area (Å²) in [4.78, 5) is 15.4. The van der Waals surface area contributed by atoms with Crippen molar-refractivity contribution < 1.29 is 4.79 Å². The van der Waals surface area contributed by atoms with Crippen LogP contribution in [0.2, 0.25) is 0 Å². The van der Waals surface area contributed by atoms with Gasteiger partial charge in [0.05, 0.1) is 0 Å². The Morgan fingerprint density at radius 1 is 1.21 bits per heavy atom. The van der Waals surface area contributed by atoms with Gasteiger partial charge in [-0.1, -0.05) is 23.8 Å².